The SMILES string of the molecule is CCCCCC(C)NC(CC)C1CCOC1. The first-order valence-electron chi connectivity index (χ1n) is 7.11. The maximum Gasteiger partial charge on any atom is 0.0510 e. The Morgan fingerprint density at radius 2 is 2.12 bits per heavy atom. The molecule has 1 aliphatic heterocycles. The van der Waals surface area contributed by atoms with Crippen LogP contribution in [0.25, 0.3) is 0 Å². The molecule has 0 spiro atoms. The summed E-state index contributed by atoms with van der Waals surface area (Å²) in [5.74, 6) is 0.749. The molecule has 0 radical (unpaired) electrons. The highest BCUT2D eigenvalue weighted by Crippen LogP contribution is 2.19. The van der Waals surface area contributed by atoms with Crippen LogP contribution >= 0.6 is 0 Å². The first-order valence-corrected chi connectivity index (χ1v) is 7.11. The Hall–Kier alpha value is -0.0800. The van der Waals surface area contributed by atoms with E-state index in [2.05, 4.69) is 26.1 Å². The lowest BCUT2D eigenvalue weighted by Crippen LogP contribution is -2.41. The molecule has 1 N–H and O–H groups in total. The van der Waals surface area contributed by atoms with Gasteiger partial charge in [0.25, 0.3) is 0 Å². The smallest absolute Gasteiger partial charge is 0.0510 e. The molecule has 0 saturated carbocycles. The van der Waals surface area contributed by atoms with Crippen molar-refractivity contribution in [1.82, 2.24) is 5.32 Å². The molecule has 0 amide bonds. The first kappa shape index (κ1) is 14.0. The third-order valence-corrected chi connectivity index (χ3v) is 3.71. The summed E-state index contributed by atoms with van der Waals surface area (Å²) in [6.45, 7) is 8.81. The van der Waals surface area contributed by atoms with Gasteiger partial charge in [-0.1, -0.05) is 33.1 Å². The van der Waals surface area contributed by atoms with Crippen LogP contribution in [-0.2, 0) is 4.74 Å². The van der Waals surface area contributed by atoms with Gasteiger partial charge in [0, 0.05) is 18.7 Å². The fourth-order valence-corrected chi connectivity index (χ4v) is 2.61. The van der Waals surface area contributed by atoms with Gasteiger partial charge in [-0.25, -0.2) is 0 Å². The predicted molar refractivity (Wildman–Crippen MR) is 69.7 cm³/mol. The van der Waals surface area contributed by atoms with E-state index >= 15 is 0 Å². The van der Waals surface area contributed by atoms with Crippen LogP contribution in [0.3, 0.4) is 0 Å². The molecule has 16 heavy (non-hydrogen) atoms. The lowest BCUT2D eigenvalue weighted by atomic mass is 9.95. The molecule has 0 aromatic carbocycles. The summed E-state index contributed by atoms with van der Waals surface area (Å²) in [6.07, 6.45) is 7.84. The zero-order chi connectivity index (χ0) is 11.8. The number of hydrogen-bond donors (Lipinski definition) is 1. The topological polar surface area (TPSA) is 21.3 Å². The normalized spacial score (nSPS) is 24.6. The Kier molecular flexibility index (Phi) is 7.06. The predicted octanol–water partition coefficient (Wildman–Crippen LogP) is 3.36. The third kappa shape index (κ3) is 4.84. The van der Waals surface area contributed by atoms with Gasteiger partial charge in [-0.05, 0) is 32.1 Å². The average molecular weight is 227 g/mol. The quantitative estimate of drug-likeness (QED) is 0.642. The maximum atomic E-state index is 5.48. The van der Waals surface area contributed by atoms with Crippen molar-refractivity contribution in [1.29, 1.82) is 0 Å². The molecule has 1 fully saturated rings. The Balaban J connectivity index is 2.20. The van der Waals surface area contributed by atoms with Crippen LogP contribution in [0.15, 0.2) is 0 Å². The fourth-order valence-electron chi connectivity index (χ4n) is 2.61. The van der Waals surface area contributed by atoms with Gasteiger partial charge in [-0.3, -0.25) is 0 Å². The standard InChI is InChI=1S/C14H29NO/c1-4-6-7-8-12(3)15-14(5-2)13-9-10-16-11-13/h12-15H,4-11H2,1-3H3. The van der Waals surface area contributed by atoms with Crippen molar-refractivity contribution < 1.29 is 4.74 Å². The lowest BCUT2D eigenvalue weighted by Gasteiger charge is -2.26. The number of nitrogens with one attached hydrogen (secondary N) is 1. The molecule has 2 heteroatoms. The molecule has 0 bridgehead atoms. The molecule has 2 nitrogen and oxygen atoms in total. The second-order valence-electron chi connectivity index (χ2n) is 5.20. The highest BCUT2D eigenvalue weighted by Gasteiger charge is 2.24. The Morgan fingerprint density at radius 1 is 1.31 bits per heavy atom. The summed E-state index contributed by atoms with van der Waals surface area (Å²) >= 11 is 0. The van der Waals surface area contributed by atoms with E-state index in [-0.39, 0.29) is 0 Å². The van der Waals surface area contributed by atoms with Gasteiger partial charge in [0.05, 0.1) is 6.61 Å². The second kappa shape index (κ2) is 8.08. The molecule has 3 atom stereocenters. The van der Waals surface area contributed by atoms with Crippen molar-refractivity contribution in [2.75, 3.05) is 13.2 Å². The van der Waals surface area contributed by atoms with Crippen molar-refractivity contribution in [2.45, 2.75) is 71.4 Å². The minimum absolute atomic E-state index is 0.664. The molecule has 96 valence electrons. The van der Waals surface area contributed by atoms with Crippen LogP contribution in [0, 0.1) is 5.92 Å². The van der Waals surface area contributed by atoms with Gasteiger partial charge in [0.1, 0.15) is 0 Å². The van der Waals surface area contributed by atoms with Gasteiger partial charge in [0.15, 0.2) is 0 Å². The van der Waals surface area contributed by atoms with Gasteiger partial charge in [-0.15, -0.1) is 0 Å². The van der Waals surface area contributed by atoms with Crippen LogP contribution in [0.1, 0.15) is 59.3 Å². The van der Waals surface area contributed by atoms with Crippen molar-refractivity contribution in [3.05, 3.63) is 0 Å². The fraction of sp³-hybridized carbons (Fsp3) is 1.00. The van der Waals surface area contributed by atoms with Gasteiger partial charge in [0.2, 0.25) is 0 Å². The van der Waals surface area contributed by atoms with Crippen molar-refractivity contribution in [3.8, 4) is 0 Å². The molecule has 1 heterocycles. The number of unbranched alkanes of at least 4 members (excludes halogenated alkanes) is 2. The average Bonchev–Trinajstić information content (AvgIpc) is 2.79. The molecule has 1 aliphatic rings. The summed E-state index contributed by atoms with van der Waals surface area (Å²) in [5.41, 5.74) is 0. The van der Waals surface area contributed by atoms with E-state index in [0.29, 0.717) is 12.1 Å². The van der Waals surface area contributed by atoms with Crippen molar-refractivity contribution in [3.63, 3.8) is 0 Å². The summed E-state index contributed by atoms with van der Waals surface area (Å²) < 4.78 is 5.48. The molecular weight excluding hydrogens is 198 g/mol. The summed E-state index contributed by atoms with van der Waals surface area (Å²) in [5, 5.41) is 3.79. The van der Waals surface area contributed by atoms with Gasteiger partial charge >= 0.3 is 0 Å². The lowest BCUT2D eigenvalue weighted by molar-refractivity contribution is 0.173. The Morgan fingerprint density at radius 3 is 2.69 bits per heavy atom. The van der Waals surface area contributed by atoms with E-state index in [0.717, 1.165) is 19.1 Å². The van der Waals surface area contributed by atoms with Crippen LogP contribution < -0.4 is 5.32 Å². The van der Waals surface area contributed by atoms with E-state index in [1.165, 1.54) is 38.5 Å². The molecule has 0 aliphatic carbocycles. The molecule has 1 saturated heterocycles. The summed E-state index contributed by atoms with van der Waals surface area (Å²) in [6, 6.07) is 1.33. The highest BCUT2D eigenvalue weighted by molar-refractivity contribution is 4.80. The van der Waals surface area contributed by atoms with Gasteiger partial charge in [-0.2, -0.15) is 0 Å². The largest absolute Gasteiger partial charge is 0.381 e. The number of ether oxygens (including phenoxy) is 1. The van der Waals surface area contributed by atoms with Crippen molar-refractivity contribution >= 4 is 0 Å². The van der Waals surface area contributed by atoms with E-state index in [4.69, 9.17) is 4.74 Å². The Bertz CT molecular complexity index is 166. The molecule has 0 aromatic rings. The Labute approximate surface area is 101 Å². The monoisotopic (exact) mass is 227 g/mol. The minimum atomic E-state index is 0.664. The van der Waals surface area contributed by atoms with E-state index < -0.39 is 0 Å². The summed E-state index contributed by atoms with van der Waals surface area (Å²) in [7, 11) is 0. The summed E-state index contributed by atoms with van der Waals surface area (Å²) in [4.78, 5) is 0. The molecule has 1 rings (SSSR count). The third-order valence-electron chi connectivity index (χ3n) is 3.71. The van der Waals surface area contributed by atoms with Gasteiger partial charge < -0.3 is 10.1 Å². The van der Waals surface area contributed by atoms with E-state index in [1.54, 1.807) is 0 Å². The highest BCUT2D eigenvalue weighted by atomic mass is 16.5. The van der Waals surface area contributed by atoms with Crippen LogP contribution in [-0.4, -0.2) is 25.3 Å². The zero-order valence-corrected chi connectivity index (χ0v) is 11.3. The number of rotatable bonds is 8. The second-order valence-corrected chi connectivity index (χ2v) is 5.20. The maximum absolute atomic E-state index is 5.48. The first-order chi connectivity index (χ1) is 7.77. The molecular formula is C14H29NO. The van der Waals surface area contributed by atoms with Crippen molar-refractivity contribution in [2.24, 2.45) is 5.92 Å². The number of hydrogen-bond acceptors (Lipinski definition) is 2. The van der Waals surface area contributed by atoms with E-state index in [9.17, 15) is 0 Å². The van der Waals surface area contributed by atoms with Crippen LogP contribution in [0.5, 0.6) is 0 Å². The zero-order valence-electron chi connectivity index (χ0n) is 11.3. The van der Waals surface area contributed by atoms with Crippen LogP contribution in [0.4, 0.5) is 0 Å². The minimum Gasteiger partial charge on any atom is -0.381 e. The molecule has 0 aromatic heterocycles. The molecule has 3 unspecified atom stereocenters. The van der Waals surface area contributed by atoms with Crippen LogP contribution in [0.2, 0.25) is 0 Å². The van der Waals surface area contributed by atoms with E-state index in [1.807, 2.05) is 0 Å².